The van der Waals surface area contributed by atoms with Crippen LogP contribution in [0, 0.1) is 15.6 Å². The van der Waals surface area contributed by atoms with Crippen molar-refractivity contribution in [3.8, 4) is 0 Å². The van der Waals surface area contributed by atoms with E-state index in [9.17, 15) is 10.1 Å². The quantitative estimate of drug-likeness (QED) is 0.637. The summed E-state index contributed by atoms with van der Waals surface area (Å²) < 4.78 is 0. The minimum absolute atomic E-state index is 0.0288. The molecule has 0 amide bonds. The lowest BCUT2D eigenvalue weighted by Crippen LogP contribution is -1.94. The summed E-state index contributed by atoms with van der Waals surface area (Å²) >= 11 is 0.879. The number of hydrogen-bond acceptors (Lipinski definition) is 5. The zero-order valence-electron chi connectivity index (χ0n) is 7.51. The molecular weight excluding hydrogens is 214 g/mol. The molecule has 0 aliphatic heterocycles. The molecule has 0 atom stereocenters. The van der Waals surface area contributed by atoms with Crippen LogP contribution in [0.25, 0.3) is 0 Å². The average Bonchev–Trinajstić information content (AvgIpc) is 2.67. The van der Waals surface area contributed by atoms with Crippen LogP contribution in [0.2, 0.25) is 0 Å². The maximum absolute atomic E-state index is 10.6. The van der Waals surface area contributed by atoms with Gasteiger partial charge in [-0.25, -0.2) is 4.98 Å². The Kier molecular flexibility index (Phi) is 2.59. The highest BCUT2D eigenvalue weighted by atomic mass is 32.1. The van der Waals surface area contributed by atoms with Crippen molar-refractivity contribution in [3.05, 3.63) is 46.0 Å². The Morgan fingerprint density at radius 1 is 1.40 bits per heavy atom. The van der Waals surface area contributed by atoms with Crippen LogP contribution in [-0.4, -0.2) is 9.91 Å². The minimum Gasteiger partial charge on any atom is -0.334 e. The summed E-state index contributed by atoms with van der Waals surface area (Å²) in [5, 5.41) is 13.4. The summed E-state index contributed by atoms with van der Waals surface area (Å²) in [5.41, 5.74) is 3.25. The minimum atomic E-state index is -0.473. The summed E-state index contributed by atoms with van der Waals surface area (Å²) in [4.78, 5) is 13.9. The van der Waals surface area contributed by atoms with Crippen molar-refractivity contribution in [3.63, 3.8) is 0 Å². The molecule has 1 N–H and O–H groups in total. The first-order valence-corrected chi connectivity index (χ1v) is 4.92. The van der Waals surface area contributed by atoms with Crippen LogP contribution in [-0.2, 0) is 0 Å². The Balaban J connectivity index is 2.25. The maximum Gasteiger partial charge on any atom is 0.368 e. The summed E-state index contributed by atoms with van der Waals surface area (Å²) in [7, 11) is 0. The van der Waals surface area contributed by atoms with E-state index in [1.165, 1.54) is 0 Å². The second-order valence-electron chi connectivity index (χ2n) is 2.71. The van der Waals surface area contributed by atoms with Crippen LogP contribution in [0.4, 0.5) is 16.5 Å². The average molecular weight is 220 g/mol. The van der Waals surface area contributed by atoms with Gasteiger partial charge in [-0.3, -0.25) is 10.1 Å². The Labute approximate surface area is 89.6 Å². The van der Waals surface area contributed by atoms with Crippen LogP contribution < -0.4 is 5.32 Å². The molecule has 0 saturated heterocycles. The van der Waals surface area contributed by atoms with Crippen molar-refractivity contribution in [2.45, 2.75) is 0 Å². The van der Waals surface area contributed by atoms with Gasteiger partial charge in [-0.2, -0.15) is 0 Å². The molecule has 2 aromatic rings. The summed E-state index contributed by atoms with van der Waals surface area (Å²) in [6.07, 6.45) is 0. The van der Waals surface area contributed by atoms with Gasteiger partial charge >= 0.3 is 5.00 Å². The van der Waals surface area contributed by atoms with Crippen LogP contribution in [0.1, 0.15) is 0 Å². The van der Waals surface area contributed by atoms with E-state index in [1.807, 2.05) is 30.3 Å². The van der Waals surface area contributed by atoms with Crippen molar-refractivity contribution in [2.75, 3.05) is 5.32 Å². The number of nitrogens with one attached hydrogen (secondary N) is 1. The van der Waals surface area contributed by atoms with Crippen LogP contribution >= 0.6 is 11.3 Å². The molecule has 15 heavy (non-hydrogen) atoms. The van der Waals surface area contributed by atoms with Gasteiger partial charge in [-0.1, -0.05) is 18.2 Å². The van der Waals surface area contributed by atoms with Crippen LogP contribution in [0.15, 0.2) is 30.3 Å². The lowest BCUT2D eigenvalue weighted by Gasteiger charge is -2.00. The van der Waals surface area contributed by atoms with Crippen molar-refractivity contribution >= 4 is 27.8 Å². The molecule has 0 spiro atoms. The lowest BCUT2D eigenvalue weighted by molar-refractivity contribution is -0.379. The molecule has 6 heteroatoms. The Bertz CT molecular complexity index is 469. The number of nitro groups is 1. The van der Waals surface area contributed by atoms with Crippen LogP contribution in [0.5, 0.6) is 0 Å². The molecule has 1 aromatic carbocycles. The third kappa shape index (κ3) is 2.10. The highest BCUT2D eigenvalue weighted by molar-refractivity contribution is 7.13. The maximum atomic E-state index is 10.6. The van der Waals surface area contributed by atoms with Gasteiger partial charge < -0.3 is 5.32 Å². The summed E-state index contributed by atoms with van der Waals surface area (Å²) in [5.74, 6) is 0.233. The number of hydrogen-bond donors (Lipinski definition) is 1. The van der Waals surface area contributed by atoms with Gasteiger partial charge in [0.05, 0.1) is 4.92 Å². The van der Waals surface area contributed by atoms with Gasteiger partial charge in [-0.15, -0.1) is 0 Å². The van der Waals surface area contributed by atoms with Crippen molar-refractivity contribution in [1.82, 2.24) is 4.98 Å². The topological polar surface area (TPSA) is 68.1 Å². The van der Waals surface area contributed by atoms with Gasteiger partial charge in [0.15, 0.2) is 5.51 Å². The largest absolute Gasteiger partial charge is 0.368 e. The normalized spacial score (nSPS) is 9.87. The first-order chi connectivity index (χ1) is 7.27. The van der Waals surface area contributed by atoms with Crippen molar-refractivity contribution < 1.29 is 4.92 Å². The number of thiazole rings is 1. The molecule has 0 bridgehead atoms. The van der Waals surface area contributed by atoms with E-state index >= 15 is 0 Å². The number of rotatable bonds is 3. The molecular formula is C9H6N3O2S. The SMILES string of the molecule is O=[N+]([O-])c1s[c]nc1Nc1ccccc1. The third-order valence-corrected chi connectivity index (χ3v) is 2.42. The number of aromatic nitrogens is 1. The van der Waals surface area contributed by atoms with Gasteiger partial charge in [0, 0.05) is 5.69 Å². The first-order valence-electron chi connectivity index (χ1n) is 4.10. The standard InChI is InChI=1S/C9H6N3O2S/c13-12(14)9-8(10-6-15-9)11-7-4-2-1-3-5-7/h1-5,11H. The fourth-order valence-corrected chi connectivity index (χ4v) is 1.56. The molecule has 0 saturated carbocycles. The molecule has 5 nitrogen and oxygen atoms in total. The fourth-order valence-electron chi connectivity index (χ4n) is 1.07. The van der Waals surface area contributed by atoms with Crippen molar-refractivity contribution in [2.24, 2.45) is 0 Å². The molecule has 0 fully saturated rings. The predicted octanol–water partition coefficient (Wildman–Crippen LogP) is 2.60. The van der Waals surface area contributed by atoms with E-state index < -0.39 is 4.92 Å². The molecule has 75 valence electrons. The molecule has 0 unspecified atom stereocenters. The highest BCUT2D eigenvalue weighted by Gasteiger charge is 2.17. The first kappa shape index (κ1) is 9.60. The van der Waals surface area contributed by atoms with E-state index in [1.54, 1.807) is 0 Å². The zero-order chi connectivity index (χ0) is 10.7. The van der Waals surface area contributed by atoms with Gasteiger partial charge in [0.1, 0.15) is 0 Å². The predicted molar refractivity (Wildman–Crippen MR) is 57.3 cm³/mol. The number of benzene rings is 1. The Morgan fingerprint density at radius 2 is 2.13 bits per heavy atom. The number of anilines is 2. The van der Waals surface area contributed by atoms with E-state index in [0.29, 0.717) is 0 Å². The molecule has 0 aliphatic rings. The molecule has 0 aliphatic carbocycles. The van der Waals surface area contributed by atoms with E-state index in [-0.39, 0.29) is 10.8 Å². The number of nitrogens with zero attached hydrogens (tertiary/aromatic N) is 2. The summed E-state index contributed by atoms with van der Waals surface area (Å²) in [6, 6.07) is 9.16. The van der Waals surface area contributed by atoms with E-state index in [4.69, 9.17) is 0 Å². The van der Waals surface area contributed by atoms with Crippen molar-refractivity contribution in [1.29, 1.82) is 0 Å². The van der Waals surface area contributed by atoms with E-state index in [0.717, 1.165) is 17.0 Å². The fraction of sp³-hybridized carbons (Fsp3) is 0. The Morgan fingerprint density at radius 3 is 2.80 bits per heavy atom. The summed E-state index contributed by atoms with van der Waals surface area (Å²) in [6.45, 7) is 0. The molecule has 2 rings (SSSR count). The smallest absolute Gasteiger partial charge is 0.334 e. The molecule has 1 radical (unpaired) electrons. The van der Waals surface area contributed by atoms with Gasteiger partial charge in [0.2, 0.25) is 5.82 Å². The van der Waals surface area contributed by atoms with Gasteiger partial charge in [-0.05, 0) is 23.5 Å². The zero-order valence-corrected chi connectivity index (χ0v) is 8.32. The second kappa shape index (κ2) is 4.05. The second-order valence-corrected chi connectivity index (χ2v) is 3.48. The number of para-hydroxylation sites is 1. The molecule has 1 heterocycles. The Hall–Kier alpha value is -1.95. The van der Waals surface area contributed by atoms with Gasteiger partial charge in [0.25, 0.3) is 0 Å². The molecule has 1 aromatic heterocycles. The van der Waals surface area contributed by atoms with Crippen LogP contribution in [0.3, 0.4) is 0 Å². The monoisotopic (exact) mass is 220 g/mol. The van der Waals surface area contributed by atoms with E-state index in [2.05, 4.69) is 15.8 Å². The highest BCUT2D eigenvalue weighted by Crippen LogP contribution is 2.29. The lowest BCUT2D eigenvalue weighted by atomic mass is 10.3. The third-order valence-electron chi connectivity index (χ3n) is 1.70.